The zero-order valence-electron chi connectivity index (χ0n) is 13.5. The number of aromatic nitrogens is 1. The van der Waals surface area contributed by atoms with Crippen LogP contribution in [0.25, 0.3) is 0 Å². The van der Waals surface area contributed by atoms with Gasteiger partial charge in [-0.05, 0) is 63.7 Å². The Kier molecular flexibility index (Phi) is 2.73. The zero-order chi connectivity index (χ0) is 15.7. The van der Waals surface area contributed by atoms with E-state index >= 15 is 0 Å². The second-order valence-corrected chi connectivity index (χ2v) is 8.17. The van der Waals surface area contributed by atoms with Gasteiger partial charge in [0, 0.05) is 17.9 Å². The summed E-state index contributed by atoms with van der Waals surface area (Å²) >= 11 is 0. The molecule has 0 aromatic carbocycles. The van der Waals surface area contributed by atoms with E-state index < -0.39 is 5.60 Å². The lowest BCUT2D eigenvalue weighted by molar-refractivity contribution is -0.155. The lowest BCUT2D eigenvalue weighted by Crippen LogP contribution is -2.29. The normalized spacial score (nSPS) is 38.3. The SMILES string of the molecule is CC(C)(C)OC(=O)CCC1CC[C@@H]2[C@@H]3C1[C@@]23c1cc(N)on1. The molecule has 2 N–H and O–H groups in total. The van der Waals surface area contributed by atoms with Gasteiger partial charge in [0.25, 0.3) is 0 Å². The highest BCUT2D eigenvalue weighted by atomic mass is 16.6. The van der Waals surface area contributed by atoms with Crippen LogP contribution in [0.3, 0.4) is 0 Å². The lowest BCUT2D eigenvalue weighted by atomic mass is 9.72. The molecule has 4 aliphatic rings. The average molecular weight is 304 g/mol. The molecule has 1 heterocycles. The lowest BCUT2D eigenvalue weighted by Gasteiger charge is -2.32. The maximum absolute atomic E-state index is 11.9. The molecular formula is C17H24N2O3. The summed E-state index contributed by atoms with van der Waals surface area (Å²) in [6.45, 7) is 5.74. The van der Waals surface area contributed by atoms with Crippen molar-refractivity contribution in [3.05, 3.63) is 11.8 Å². The van der Waals surface area contributed by atoms with E-state index in [0.717, 1.165) is 24.0 Å². The zero-order valence-corrected chi connectivity index (χ0v) is 13.5. The van der Waals surface area contributed by atoms with E-state index in [-0.39, 0.29) is 11.4 Å². The summed E-state index contributed by atoms with van der Waals surface area (Å²) in [7, 11) is 0. The summed E-state index contributed by atoms with van der Waals surface area (Å²) in [5.74, 6) is 3.15. The third-order valence-electron chi connectivity index (χ3n) is 5.79. The van der Waals surface area contributed by atoms with Gasteiger partial charge in [0.15, 0.2) is 0 Å². The molecular weight excluding hydrogens is 280 g/mol. The Morgan fingerprint density at radius 1 is 1.45 bits per heavy atom. The van der Waals surface area contributed by atoms with Crippen LogP contribution in [-0.2, 0) is 14.9 Å². The Morgan fingerprint density at radius 3 is 2.86 bits per heavy atom. The number of nitrogen functional groups attached to an aromatic ring is 1. The largest absolute Gasteiger partial charge is 0.460 e. The van der Waals surface area contributed by atoms with Crippen LogP contribution in [-0.4, -0.2) is 16.7 Å². The molecule has 5 nitrogen and oxygen atoms in total. The first-order valence-corrected chi connectivity index (χ1v) is 8.28. The summed E-state index contributed by atoms with van der Waals surface area (Å²) in [4.78, 5) is 11.9. The predicted octanol–water partition coefficient (Wildman–Crippen LogP) is 2.90. The van der Waals surface area contributed by atoms with Crippen LogP contribution >= 0.6 is 0 Å². The first-order valence-electron chi connectivity index (χ1n) is 8.28. The minimum Gasteiger partial charge on any atom is -0.460 e. The van der Waals surface area contributed by atoms with Crippen molar-refractivity contribution in [1.29, 1.82) is 0 Å². The molecule has 120 valence electrons. The van der Waals surface area contributed by atoms with E-state index in [1.165, 1.54) is 12.8 Å². The first kappa shape index (κ1) is 14.1. The summed E-state index contributed by atoms with van der Waals surface area (Å²) < 4.78 is 10.5. The second-order valence-electron chi connectivity index (χ2n) is 8.17. The van der Waals surface area contributed by atoms with Crippen LogP contribution in [0.5, 0.6) is 0 Å². The number of nitrogens with zero attached hydrogens (tertiary/aromatic N) is 1. The van der Waals surface area contributed by atoms with Crippen LogP contribution in [0, 0.1) is 23.7 Å². The van der Waals surface area contributed by atoms with Crippen molar-refractivity contribution in [2.75, 3.05) is 5.73 Å². The number of carbonyl (C=O) groups is 1. The van der Waals surface area contributed by atoms with E-state index in [1.54, 1.807) is 0 Å². The second kappa shape index (κ2) is 4.27. The molecule has 4 fully saturated rings. The highest BCUT2D eigenvalue weighted by Gasteiger charge is 2.89. The van der Waals surface area contributed by atoms with Gasteiger partial charge in [-0.3, -0.25) is 4.79 Å². The Labute approximate surface area is 130 Å². The van der Waals surface area contributed by atoms with Crippen molar-refractivity contribution in [3.63, 3.8) is 0 Å². The number of fused-ring (bicyclic) bond motifs is 2. The molecule has 0 spiro atoms. The molecule has 1 aromatic rings. The highest BCUT2D eigenvalue weighted by Crippen LogP contribution is 2.89. The van der Waals surface area contributed by atoms with Crippen LogP contribution in [0.15, 0.2) is 10.6 Å². The Balaban J connectivity index is 1.37. The van der Waals surface area contributed by atoms with Gasteiger partial charge in [0.05, 0.1) is 5.69 Å². The number of nitrogens with two attached hydrogens (primary N) is 1. The van der Waals surface area contributed by atoms with Crippen molar-refractivity contribution in [2.24, 2.45) is 23.7 Å². The molecule has 2 unspecified atom stereocenters. The maximum atomic E-state index is 11.9. The molecule has 0 amide bonds. The average Bonchev–Trinajstić information content (AvgIpc) is 3.24. The van der Waals surface area contributed by atoms with Crippen LogP contribution in [0.4, 0.5) is 5.88 Å². The van der Waals surface area contributed by atoms with E-state index in [4.69, 9.17) is 15.0 Å². The van der Waals surface area contributed by atoms with Gasteiger partial charge >= 0.3 is 5.97 Å². The van der Waals surface area contributed by atoms with Crippen molar-refractivity contribution >= 4 is 11.9 Å². The van der Waals surface area contributed by atoms with Crippen molar-refractivity contribution < 1.29 is 14.1 Å². The van der Waals surface area contributed by atoms with Gasteiger partial charge in [-0.25, -0.2) is 0 Å². The van der Waals surface area contributed by atoms with Crippen molar-refractivity contribution in [1.82, 2.24) is 5.16 Å². The molecule has 22 heavy (non-hydrogen) atoms. The summed E-state index contributed by atoms with van der Waals surface area (Å²) in [6.07, 6.45) is 3.92. The number of hydrogen-bond acceptors (Lipinski definition) is 5. The molecule has 2 bridgehead atoms. The van der Waals surface area contributed by atoms with Crippen LogP contribution in [0.2, 0.25) is 0 Å². The number of carbonyl (C=O) groups excluding carboxylic acids is 1. The van der Waals surface area contributed by atoms with Gasteiger partial charge in [0.1, 0.15) is 5.60 Å². The smallest absolute Gasteiger partial charge is 0.306 e. The Morgan fingerprint density at radius 2 is 2.23 bits per heavy atom. The summed E-state index contributed by atoms with van der Waals surface area (Å²) in [6, 6.07) is 1.89. The molecule has 5 rings (SSSR count). The summed E-state index contributed by atoms with van der Waals surface area (Å²) in [5, 5.41) is 4.16. The molecule has 4 saturated carbocycles. The fourth-order valence-corrected chi connectivity index (χ4v) is 5.07. The molecule has 1 aromatic heterocycles. The van der Waals surface area contributed by atoms with Crippen LogP contribution < -0.4 is 5.73 Å². The number of hydrogen-bond donors (Lipinski definition) is 1. The molecule has 5 heteroatoms. The topological polar surface area (TPSA) is 78.4 Å². The van der Waals surface area contributed by atoms with Crippen molar-refractivity contribution in [2.45, 2.75) is 57.5 Å². The number of rotatable bonds is 4. The minimum absolute atomic E-state index is 0.0799. The third-order valence-corrected chi connectivity index (χ3v) is 5.79. The van der Waals surface area contributed by atoms with Crippen molar-refractivity contribution in [3.8, 4) is 0 Å². The standard InChI is InChI=1S/C17H24N2O3/c1-16(2,3)21-13(20)7-5-9-4-6-10-15-14(9)17(10,15)11-8-12(18)22-19-11/h8-10,14-15H,4-7,18H2,1-3H3/t9?,10-,14?,15-,17+/m1/s1. The predicted molar refractivity (Wildman–Crippen MR) is 80.9 cm³/mol. The monoisotopic (exact) mass is 304 g/mol. The maximum Gasteiger partial charge on any atom is 0.306 e. The van der Waals surface area contributed by atoms with Gasteiger partial charge in [0.2, 0.25) is 5.88 Å². The molecule has 0 saturated heterocycles. The number of esters is 1. The van der Waals surface area contributed by atoms with Gasteiger partial charge in [-0.2, -0.15) is 0 Å². The number of anilines is 1. The van der Waals surface area contributed by atoms with E-state index in [0.29, 0.717) is 24.1 Å². The quantitative estimate of drug-likeness (QED) is 0.865. The van der Waals surface area contributed by atoms with Gasteiger partial charge in [-0.15, -0.1) is 0 Å². The highest BCUT2D eigenvalue weighted by molar-refractivity contribution is 5.69. The fourth-order valence-electron chi connectivity index (χ4n) is 5.07. The molecule has 0 aliphatic heterocycles. The Bertz CT molecular complexity index is 618. The van der Waals surface area contributed by atoms with Gasteiger partial charge in [-0.1, -0.05) is 5.16 Å². The first-order chi connectivity index (χ1) is 10.3. The van der Waals surface area contributed by atoms with Crippen LogP contribution in [0.1, 0.15) is 52.1 Å². The van der Waals surface area contributed by atoms with E-state index in [9.17, 15) is 4.79 Å². The van der Waals surface area contributed by atoms with E-state index in [2.05, 4.69) is 5.16 Å². The number of ether oxygens (including phenoxy) is 1. The summed E-state index contributed by atoms with van der Waals surface area (Å²) in [5.41, 5.74) is 6.58. The molecule has 5 atom stereocenters. The van der Waals surface area contributed by atoms with Gasteiger partial charge < -0.3 is 15.0 Å². The minimum atomic E-state index is -0.393. The third kappa shape index (κ3) is 1.90. The molecule has 4 aliphatic carbocycles. The molecule has 0 radical (unpaired) electrons. The Hall–Kier alpha value is -1.52. The fraction of sp³-hybridized carbons (Fsp3) is 0.765. The van der Waals surface area contributed by atoms with E-state index in [1.807, 2.05) is 26.8 Å².